The number of benzene rings is 1. The lowest BCUT2D eigenvalue weighted by Gasteiger charge is -2.29. The van der Waals surface area contributed by atoms with Gasteiger partial charge < -0.3 is 29.7 Å². The highest BCUT2D eigenvalue weighted by Crippen LogP contribution is 2.29. The maximum Gasteiger partial charge on any atom is 0.317 e. The van der Waals surface area contributed by atoms with Crippen molar-refractivity contribution in [1.29, 1.82) is 5.26 Å². The van der Waals surface area contributed by atoms with Gasteiger partial charge in [0.05, 0.1) is 55.8 Å². The predicted molar refractivity (Wildman–Crippen MR) is 114 cm³/mol. The highest BCUT2D eigenvalue weighted by molar-refractivity contribution is 5.74. The van der Waals surface area contributed by atoms with Gasteiger partial charge in [-0.1, -0.05) is 12.1 Å². The molecule has 5 rings (SSSR count). The molecule has 10 nitrogen and oxygen atoms in total. The summed E-state index contributed by atoms with van der Waals surface area (Å²) in [6, 6.07) is 10.8. The van der Waals surface area contributed by atoms with Crippen LogP contribution in [0.5, 0.6) is 0 Å². The Balaban J connectivity index is 1.22. The molecule has 4 atom stereocenters. The number of amides is 2. The van der Waals surface area contributed by atoms with Crippen molar-refractivity contribution in [2.75, 3.05) is 44.8 Å². The molecule has 0 radical (unpaired) electrons. The van der Waals surface area contributed by atoms with Gasteiger partial charge in [0.25, 0.3) is 0 Å². The fraction of sp³-hybridized carbons (Fsp3) is 0.455. The Labute approximate surface area is 185 Å². The molecule has 0 aliphatic carbocycles. The number of rotatable bonds is 4. The van der Waals surface area contributed by atoms with Crippen molar-refractivity contribution in [3.63, 3.8) is 0 Å². The lowest BCUT2D eigenvalue weighted by Crippen LogP contribution is -2.52. The summed E-state index contributed by atoms with van der Waals surface area (Å²) in [5, 5.41) is 15.5. The van der Waals surface area contributed by atoms with E-state index in [2.05, 4.69) is 26.7 Å². The Hall–Kier alpha value is -3.26. The summed E-state index contributed by atoms with van der Waals surface area (Å²) in [6.07, 6.45) is 1.24. The average molecular weight is 436 g/mol. The highest BCUT2D eigenvalue weighted by Gasteiger charge is 2.48. The fourth-order valence-electron chi connectivity index (χ4n) is 4.27. The number of hydrogen-bond donors (Lipinski definition) is 2. The number of morpholine rings is 1. The Kier molecular flexibility index (Phi) is 5.85. The molecule has 1 aromatic carbocycles. The third-order valence-electron chi connectivity index (χ3n) is 5.92. The number of nitriles is 1. The first-order valence-electron chi connectivity index (χ1n) is 10.7. The van der Waals surface area contributed by atoms with E-state index < -0.39 is 0 Å². The van der Waals surface area contributed by atoms with Crippen molar-refractivity contribution < 1.29 is 19.0 Å². The molecular weight excluding hydrogens is 412 g/mol. The summed E-state index contributed by atoms with van der Waals surface area (Å²) in [4.78, 5) is 23.2. The number of hydrogen-bond acceptors (Lipinski definition) is 8. The molecule has 166 valence electrons. The predicted octanol–water partition coefficient (Wildman–Crippen LogP) is 1.00. The highest BCUT2D eigenvalue weighted by atomic mass is 16.6. The molecule has 3 aliphatic heterocycles. The summed E-state index contributed by atoms with van der Waals surface area (Å²) >= 11 is 0. The van der Waals surface area contributed by atoms with Crippen LogP contribution in [0.4, 0.5) is 10.7 Å². The van der Waals surface area contributed by atoms with Gasteiger partial charge in [0.1, 0.15) is 12.2 Å². The third-order valence-corrected chi connectivity index (χ3v) is 5.92. The number of anilines is 1. The topological polar surface area (TPSA) is 122 Å². The molecule has 32 heavy (non-hydrogen) atoms. The van der Waals surface area contributed by atoms with Crippen molar-refractivity contribution >= 4 is 12.0 Å². The van der Waals surface area contributed by atoms with Crippen molar-refractivity contribution in [2.24, 2.45) is 0 Å². The van der Waals surface area contributed by atoms with Gasteiger partial charge >= 0.3 is 6.03 Å². The van der Waals surface area contributed by atoms with E-state index in [0.717, 1.165) is 11.3 Å². The molecule has 4 unspecified atom stereocenters. The number of carbonyl (C=O) groups is 1. The van der Waals surface area contributed by atoms with E-state index in [9.17, 15) is 4.79 Å². The molecule has 10 heteroatoms. The quantitative estimate of drug-likeness (QED) is 0.728. The molecule has 0 saturated carbocycles. The number of fused-ring (bicyclic) bond motifs is 1. The van der Waals surface area contributed by atoms with Crippen LogP contribution in [-0.4, -0.2) is 84.7 Å². The number of nitrogens with zero attached hydrogens (tertiary/aromatic N) is 4. The molecule has 3 aliphatic rings. The third kappa shape index (κ3) is 4.23. The van der Waals surface area contributed by atoms with Crippen LogP contribution in [0.15, 0.2) is 36.5 Å². The second-order valence-electron chi connectivity index (χ2n) is 7.96. The maximum absolute atomic E-state index is 12.5. The van der Waals surface area contributed by atoms with E-state index in [1.165, 1.54) is 0 Å². The van der Waals surface area contributed by atoms with Gasteiger partial charge in [-0.3, -0.25) is 0 Å². The Morgan fingerprint density at radius 3 is 2.72 bits per heavy atom. The number of carbonyl (C=O) groups excluding carboxylic acids is 1. The number of ether oxygens (including phenoxy) is 3. The molecule has 2 amide bonds. The minimum atomic E-state index is -0.229. The smallest absolute Gasteiger partial charge is 0.317 e. The minimum absolute atomic E-state index is 0.113. The number of urea groups is 1. The monoisotopic (exact) mass is 436 g/mol. The van der Waals surface area contributed by atoms with Crippen LogP contribution in [0.25, 0.3) is 11.3 Å². The standard InChI is InChI=1S/C22H24N6O4/c23-11-14-2-1-3-15(10-14)16-4-5-24-21(25-16)26-17-12-31-20-18(13-32-19(17)20)27-22(29)28-6-8-30-9-7-28/h1-5,10,17-20H,6-9,12-13H2,(H,27,29)(H,24,25,26). The molecule has 4 heterocycles. The SMILES string of the molecule is N#Cc1cccc(-c2ccnc(NC3COC4C(NC(=O)N5CCOCC5)COC34)n2)c1. The summed E-state index contributed by atoms with van der Waals surface area (Å²) < 4.78 is 17.2. The maximum atomic E-state index is 12.5. The number of aromatic nitrogens is 2. The van der Waals surface area contributed by atoms with Crippen LogP contribution in [0.2, 0.25) is 0 Å². The van der Waals surface area contributed by atoms with Gasteiger partial charge in [-0.25, -0.2) is 14.8 Å². The second kappa shape index (κ2) is 9.08. The van der Waals surface area contributed by atoms with Gasteiger partial charge in [0.2, 0.25) is 5.95 Å². The summed E-state index contributed by atoms with van der Waals surface area (Å²) in [5.41, 5.74) is 2.14. The second-order valence-corrected chi connectivity index (χ2v) is 7.96. The van der Waals surface area contributed by atoms with E-state index in [1.54, 1.807) is 29.3 Å². The van der Waals surface area contributed by atoms with Gasteiger partial charge in [-0.2, -0.15) is 5.26 Å². The first-order valence-corrected chi connectivity index (χ1v) is 10.7. The summed E-state index contributed by atoms with van der Waals surface area (Å²) in [5.74, 6) is 0.462. The number of nitrogens with one attached hydrogen (secondary N) is 2. The lowest BCUT2D eigenvalue weighted by atomic mass is 10.1. The normalized spacial score (nSPS) is 26.9. The molecule has 3 saturated heterocycles. The van der Waals surface area contributed by atoms with Crippen molar-refractivity contribution in [3.8, 4) is 17.3 Å². The molecular formula is C22H24N6O4. The Morgan fingerprint density at radius 1 is 1.12 bits per heavy atom. The zero-order chi connectivity index (χ0) is 21.9. The van der Waals surface area contributed by atoms with E-state index in [0.29, 0.717) is 51.0 Å². The van der Waals surface area contributed by atoms with E-state index >= 15 is 0 Å². The molecule has 1 aromatic heterocycles. The first kappa shape index (κ1) is 20.6. The van der Waals surface area contributed by atoms with Crippen molar-refractivity contribution in [1.82, 2.24) is 20.2 Å². The molecule has 0 spiro atoms. The van der Waals surface area contributed by atoms with E-state index in [-0.39, 0.29) is 30.3 Å². The van der Waals surface area contributed by atoms with Crippen LogP contribution in [-0.2, 0) is 14.2 Å². The van der Waals surface area contributed by atoms with Crippen LogP contribution >= 0.6 is 0 Å². The van der Waals surface area contributed by atoms with E-state index in [4.69, 9.17) is 19.5 Å². The summed E-state index contributed by atoms with van der Waals surface area (Å²) in [6.45, 7) is 3.11. The molecule has 2 aromatic rings. The molecule has 2 N–H and O–H groups in total. The average Bonchev–Trinajstić information content (AvgIpc) is 3.43. The zero-order valence-electron chi connectivity index (χ0n) is 17.4. The molecule has 3 fully saturated rings. The Morgan fingerprint density at radius 2 is 1.91 bits per heavy atom. The van der Waals surface area contributed by atoms with E-state index in [1.807, 2.05) is 12.1 Å². The lowest BCUT2D eigenvalue weighted by molar-refractivity contribution is 0.0485. The Bertz CT molecular complexity index is 1020. The van der Waals surface area contributed by atoms with Crippen LogP contribution in [0.1, 0.15) is 5.56 Å². The van der Waals surface area contributed by atoms with Crippen LogP contribution in [0, 0.1) is 11.3 Å². The summed E-state index contributed by atoms with van der Waals surface area (Å²) in [7, 11) is 0. The van der Waals surface area contributed by atoms with Gasteiger partial charge in [0, 0.05) is 24.8 Å². The van der Waals surface area contributed by atoms with Gasteiger partial charge in [-0.05, 0) is 18.2 Å². The van der Waals surface area contributed by atoms with Crippen LogP contribution in [0.3, 0.4) is 0 Å². The zero-order valence-corrected chi connectivity index (χ0v) is 17.4. The first-order chi connectivity index (χ1) is 15.7. The largest absolute Gasteiger partial charge is 0.378 e. The van der Waals surface area contributed by atoms with Crippen LogP contribution < -0.4 is 10.6 Å². The minimum Gasteiger partial charge on any atom is -0.378 e. The fourth-order valence-corrected chi connectivity index (χ4v) is 4.27. The van der Waals surface area contributed by atoms with Gasteiger partial charge in [0.15, 0.2) is 0 Å². The van der Waals surface area contributed by atoms with Crippen molar-refractivity contribution in [2.45, 2.75) is 24.3 Å². The van der Waals surface area contributed by atoms with Crippen molar-refractivity contribution in [3.05, 3.63) is 42.1 Å². The molecule has 0 bridgehead atoms. The van der Waals surface area contributed by atoms with Gasteiger partial charge in [-0.15, -0.1) is 0 Å².